The number of hydrogen-bond donors (Lipinski definition) is 7. The second kappa shape index (κ2) is 11.6. The van der Waals surface area contributed by atoms with Crippen LogP contribution in [0, 0.1) is 5.92 Å². The fourth-order valence-electron chi connectivity index (χ4n) is 2.58. The molecule has 1 aromatic heterocycles. The molecule has 0 spiro atoms. The third-order valence-corrected chi connectivity index (χ3v) is 4.29. The van der Waals surface area contributed by atoms with Gasteiger partial charge in [-0.2, -0.15) is 0 Å². The van der Waals surface area contributed by atoms with Crippen molar-refractivity contribution in [1.82, 2.24) is 25.9 Å². The van der Waals surface area contributed by atoms with Crippen molar-refractivity contribution >= 4 is 29.6 Å². The first-order valence-electron chi connectivity index (χ1n) is 9.57. The molecule has 0 fully saturated rings. The number of rotatable bonds is 12. The maximum absolute atomic E-state index is 12.7. The van der Waals surface area contributed by atoms with Crippen LogP contribution in [-0.2, 0) is 30.4 Å². The van der Waals surface area contributed by atoms with Crippen molar-refractivity contribution in [3.63, 3.8) is 0 Å². The summed E-state index contributed by atoms with van der Waals surface area (Å²) >= 11 is 0. The van der Waals surface area contributed by atoms with Crippen molar-refractivity contribution in [3.05, 3.63) is 18.2 Å². The number of hydrogen-bond acceptors (Lipinski definition) is 7. The van der Waals surface area contributed by atoms with Crippen LogP contribution in [-0.4, -0.2) is 68.8 Å². The average molecular weight is 439 g/mol. The van der Waals surface area contributed by atoms with E-state index in [1.54, 1.807) is 13.8 Å². The zero-order chi connectivity index (χ0) is 23.7. The van der Waals surface area contributed by atoms with Gasteiger partial charge >= 0.3 is 5.97 Å². The van der Waals surface area contributed by atoms with Crippen LogP contribution in [0.5, 0.6) is 0 Å². The Labute approximate surface area is 178 Å². The Hall–Kier alpha value is -3.48. The van der Waals surface area contributed by atoms with Gasteiger partial charge in [0.1, 0.15) is 18.1 Å². The van der Waals surface area contributed by atoms with Gasteiger partial charge in [0.2, 0.25) is 23.6 Å². The summed E-state index contributed by atoms with van der Waals surface area (Å²) < 4.78 is 0. The van der Waals surface area contributed by atoms with E-state index in [4.69, 9.17) is 11.5 Å². The molecular formula is C18H29N7O6. The summed E-state index contributed by atoms with van der Waals surface area (Å²) in [4.78, 5) is 66.7. The number of carboxylic acid groups (broad SMARTS) is 1. The lowest BCUT2D eigenvalue weighted by molar-refractivity contribution is -0.142. The molecule has 0 aromatic carbocycles. The van der Waals surface area contributed by atoms with Crippen LogP contribution in [0.4, 0.5) is 0 Å². The number of imidazole rings is 1. The van der Waals surface area contributed by atoms with Crippen molar-refractivity contribution in [2.75, 3.05) is 0 Å². The van der Waals surface area contributed by atoms with Crippen LogP contribution in [0.15, 0.2) is 12.5 Å². The Morgan fingerprint density at radius 1 is 1.03 bits per heavy atom. The Morgan fingerprint density at radius 2 is 1.65 bits per heavy atom. The number of carbonyl (C=O) groups is 5. The highest BCUT2D eigenvalue weighted by Crippen LogP contribution is 2.05. The lowest BCUT2D eigenvalue weighted by Gasteiger charge is -2.26. The zero-order valence-corrected chi connectivity index (χ0v) is 17.5. The molecule has 31 heavy (non-hydrogen) atoms. The maximum Gasteiger partial charge on any atom is 0.326 e. The Bertz CT molecular complexity index is 793. The molecule has 4 unspecified atom stereocenters. The lowest BCUT2D eigenvalue weighted by atomic mass is 10.0. The molecule has 0 aliphatic heterocycles. The van der Waals surface area contributed by atoms with Gasteiger partial charge in [0.15, 0.2) is 0 Å². The topological polar surface area (TPSA) is 222 Å². The van der Waals surface area contributed by atoms with Gasteiger partial charge in [-0.3, -0.25) is 19.2 Å². The molecule has 13 heteroatoms. The lowest BCUT2D eigenvalue weighted by Crippen LogP contribution is -2.58. The fourth-order valence-corrected chi connectivity index (χ4v) is 2.58. The summed E-state index contributed by atoms with van der Waals surface area (Å²) in [5.41, 5.74) is 11.1. The molecule has 0 radical (unpaired) electrons. The van der Waals surface area contributed by atoms with E-state index in [0.717, 1.165) is 0 Å². The van der Waals surface area contributed by atoms with Gasteiger partial charge < -0.3 is 37.5 Å². The number of nitrogens with one attached hydrogen (secondary N) is 4. The molecule has 1 rings (SSSR count). The van der Waals surface area contributed by atoms with E-state index in [-0.39, 0.29) is 12.3 Å². The van der Waals surface area contributed by atoms with Crippen molar-refractivity contribution in [2.45, 2.75) is 57.8 Å². The summed E-state index contributed by atoms with van der Waals surface area (Å²) in [5, 5.41) is 16.5. The summed E-state index contributed by atoms with van der Waals surface area (Å²) in [7, 11) is 0. The number of carboxylic acids is 1. The average Bonchev–Trinajstić information content (AvgIpc) is 3.16. The molecule has 172 valence electrons. The van der Waals surface area contributed by atoms with E-state index in [9.17, 15) is 29.1 Å². The largest absolute Gasteiger partial charge is 0.480 e. The summed E-state index contributed by atoms with van der Waals surface area (Å²) in [6, 6.07) is -4.69. The van der Waals surface area contributed by atoms with E-state index in [0.29, 0.717) is 5.69 Å². The van der Waals surface area contributed by atoms with Crippen LogP contribution < -0.4 is 27.4 Å². The number of H-pyrrole nitrogens is 1. The van der Waals surface area contributed by atoms with E-state index in [1.165, 1.54) is 19.4 Å². The third kappa shape index (κ3) is 8.42. The SMILES string of the molecule is CC(N)C(=O)NC(C(=O)NC(CC(N)=O)C(=O)NC(Cc1cnc[nH]1)C(=O)O)C(C)C. The van der Waals surface area contributed by atoms with Crippen molar-refractivity contribution < 1.29 is 29.1 Å². The molecule has 9 N–H and O–H groups in total. The highest BCUT2D eigenvalue weighted by Gasteiger charge is 2.32. The van der Waals surface area contributed by atoms with E-state index < -0.39 is 60.2 Å². The summed E-state index contributed by atoms with van der Waals surface area (Å²) in [6.07, 6.45) is 2.09. The molecule has 13 nitrogen and oxygen atoms in total. The molecule has 0 bridgehead atoms. The molecule has 4 atom stereocenters. The summed E-state index contributed by atoms with van der Waals surface area (Å²) in [5.74, 6) is -4.81. The van der Waals surface area contributed by atoms with Gasteiger partial charge in [-0.1, -0.05) is 13.8 Å². The number of nitrogens with two attached hydrogens (primary N) is 2. The minimum absolute atomic E-state index is 0.0998. The van der Waals surface area contributed by atoms with Crippen molar-refractivity contribution in [1.29, 1.82) is 0 Å². The molecular weight excluding hydrogens is 410 g/mol. The zero-order valence-electron chi connectivity index (χ0n) is 17.5. The molecule has 4 amide bonds. The number of primary amides is 1. The molecule has 0 aliphatic carbocycles. The predicted octanol–water partition coefficient (Wildman–Crippen LogP) is -2.63. The monoisotopic (exact) mass is 439 g/mol. The second-order valence-electron chi connectivity index (χ2n) is 7.43. The van der Waals surface area contributed by atoms with E-state index in [2.05, 4.69) is 25.9 Å². The Kier molecular flexibility index (Phi) is 9.60. The first-order valence-corrected chi connectivity index (χ1v) is 9.57. The predicted molar refractivity (Wildman–Crippen MR) is 108 cm³/mol. The molecule has 0 saturated carbocycles. The standard InChI is InChI=1S/C18H29N7O6/c1-8(2)14(25-15(27)9(3)19)17(29)23-11(5-13(20)26)16(28)24-12(18(30)31)4-10-6-21-7-22-10/h6-9,11-12,14H,4-5,19H2,1-3H3,(H2,20,26)(H,21,22)(H,23,29)(H,24,28)(H,25,27)(H,30,31). The van der Waals surface area contributed by atoms with Crippen molar-refractivity contribution in [2.24, 2.45) is 17.4 Å². The molecule has 1 aromatic rings. The quantitative estimate of drug-likeness (QED) is 0.182. The number of aromatic nitrogens is 2. The number of aromatic amines is 1. The van der Waals surface area contributed by atoms with Crippen LogP contribution >= 0.6 is 0 Å². The summed E-state index contributed by atoms with van der Waals surface area (Å²) in [6.45, 7) is 4.78. The number of aliphatic carboxylic acids is 1. The fraction of sp³-hybridized carbons (Fsp3) is 0.556. The number of carbonyl (C=O) groups excluding carboxylic acids is 4. The second-order valence-corrected chi connectivity index (χ2v) is 7.43. The van der Waals surface area contributed by atoms with E-state index in [1.807, 2.05) is 0 Å². The van der Waals surface area contributed by atoms with Gasteiger partial charge in [0.25, 0.3) is 0 Å². The van der Waals surface area contributed by atoms with Crippen molar-refractivity contribution in [3.8, 4) is 0 Å². The van der Waals surface area contributed by atoms with Crippen LogP contribution in [0.1, 0.15) is 32.9 Å². The minimum atomic E-state index is -1.44. The van der Waals surface area contributed by atoms with Gasteiger partial charge in [-0.25, -0.2) is 9.78 Å². The molecule has 0 aliphatic rings. The van der Waals surface area contributed by atoms with Crippen LogP contribution in [0.3, 0.4) is 0 Å². The van der Waals surface area contributed by atoms with Gasteiger partial charge in [0, 0.05) is 18.3 Å². The third-order valence-electron chi connectivity index (χ3n) is 4.29. The van der Waals surface area contributed by atoms with Gasteiger partial charge in [0.05, 0.1) is 18.8 Å². The smallest absolute Gasteiger partial charge is 0.326 e. The first kappa shape index (κ1) is 25.6. The number of nitrogens with zero attached hydrogens (tertiary/aromatic N) is 1. The van der Waals surface area contributed by atoms with Crippen LogP contribution in [0.2, 0.25) is 0 Å². The highest BCUT2D eigenvalue weighted by molar-refractivity contribution is 5.96. The highest BCUT2D eigenvalue weighted by atomic mass is 16.4. The maximum atomic E-state index is 12.7. The minimum Gasteiger partial charge on any atom is -0.480 e. The molecule has 0 saturated heterocycles. The number of amides is 4. The molecule has 1 heterocycles. The van der Waals surface area contributed by atoms with E-state index >= 15 is 0 Å². The normalized spacial score (nSPS) is 14.7. The van der Waals surface area contributed by atoms with Crippen LogP contribution in [0.25, 0.3) is 0 Å². The first-order chi connectivity index (χ1) is 14.4. The van der Waals surface area contributed by atoms with Gasteiger partial charge in [-0.05, 0) is 12.8 Å². The Balaban J connectivity index is 2.95. The van der Waals surface area contributed by atoms with Gasteiger partial charge in [-0.15, -0.1) is 0 Å². The Morgan fingerprint density at radius 3 is 2.10 bits per heavy atom.